The molecule has 1 aromatic rings. The maximum atomic E-state index is 5.24. The standard InChI is InChI=1S/C11H13Br2NS/c1-3-4-5-6-9(14-2)10-7-8(12)11(13)15-10/h1,7,9,14H,4-6H2,2H3. The van der Waals surface area contributed by atoms with Gasteiger partial charge in [0, 0.05) is 21.8 Å². The van der Waals surface area contributed by atoms with Crippen LogP contribution in [0.1, 0.15) is 30.2 Å². The van der Waals surface area contributed by atoms with Crippen LogP contribution in [0.25, 0.3) is 0 Å². The van der Waals surface area contributed by atoms with Gasteiger partial charge in [-0.05, 0) is 57.8 Å². The van der Waals surface area contributed by atoms with E-state index in [9.17, 15) is 0 Å². The molecule has 0 aliphatic rings. The lowest BCUT2D eigenvalue weighted by Gasteiger charge is -2.13. The first-order valence-electron chi connectivity index (χ1n) is 4.74. The maximum Gasteiger partial charge on any atom is 0.0843 e. The van der Waals surface area contributed by atoms with Crippen molar-refractivity contribution in [1.82, 2.24) is 5.32 Å². The summed E-state index contributed by atoms with van der Waals surface area (Å²) < 4.78 is 2.27. The number of rotatable bonds is 5. The van der Waals surface area contributed by atoms with Crippen molar-refractivity contribution >= 4 is 43.2 Å². The van der Waals surface area contributed by atoms with Crippen molar-refractivity contribution in [3.63, 3.8) is 0 Å². The third kappa shape index (κ3) is 3.92. The molecule has 1 unspecified atom stereocenters. The molecule has 82 valence electrons. The van der Waals surface area contributed by atoms with Gasteiger partial charge in [-0.3, -0.25) is 0 Å². The Morgan fingerprint density at radius 2 is 2.33 bits per heavy atom. The molecule has 1 nitrogen and oxygen atoms in total. The molecule has 0 saturated carbocycles. The van der Waals surface area contributed by atoms with Crippen LogP contribution in [0.15, 0.2) is 14.3 Å². The van der Waals surface area contributed by atoms with Crippen LogP contribution in [0.4, 0.5) is 0 Å². The van der Waals surface area contributed by atoms with Crippen LogP contribution in [0.3, 0.4) is 0 Å². The fourth-order valence-electron chi connectivity index (χ4n) is 1.37. The summed E-state index contributed by atoms with van der Waals surface area (Å²) in [5.41, 5.74) is 0. The van der Waals surface area contributed by atoms with Crippen molar-refractivity contribution in [2.24, 2.45) is 0 Å². The lowest BCUT2D eigenvalue weighted by Crippen LogP contribution is -2.14. The molecule has 1 rings (SSSR count). The fourth-order valence-corrected chi connectivity index (χ4v) is 3.61. The molecular weight excluding hydrogens is 338 g/mol. The largest absolute Gasteiger partial charge is 0.312 e. The second-order valence-electron chi connectivity index (χ2n) is 3.21. The van der Waals surface area contributed by atoms with E-state index in [0.717, 1.165) is 27.5 Å². The van der Waals surface area contributed by atoms with Gasteiger partial charge in [-0.2, -0.15) is 0 Å². The van der Waals surface area contributed by atoms with E-state index in [1.54, 1.807) is 11.3 Å². The van der Waals surface area contributed by atoms with E-state index in [2.05, 4.69) is 49.2 Å². The molecule has 0 radical (unpaired) electrons. The summed E-state index contributed by atoms with van der Waals surface area (Å²) in [7, 11) is 1.99. The molecule has 1 N–H and O–H groups in total. The van der Waals surface area contributed by atoms with E-state index in [-0.39, 0.29) is 0 Å². The lowest BCUT2D eigenvalue weighted by molar-refractivity contribution is 0.540. The number of halogens is 2. The van der Waals surface area contributed by atoms with Gasteiger partial charge in [0.1, 0.15) is 0 Å². The molecule has 0 bridgehead atoms. The van der Waals surface area contributed by atoms with E-state index in [1.807, 2.05) is 7.05 Å². The van der Waals surface area contributed by atoms with Gasteiger partial charge in [0.05, 0.1) is 3.79 Å². The molecule has 0 spiro atoms. The Bertz CT molecular complexity index is 334. The summed E-state index contributed by atoms with van der Waals surface area (Å²) in [6.45, 7) is 0. The molecular formula is C11H13Br2NS. The van der Waals surface area contributed by atoms with Crippen LogP contribution in [0.5, 0.6) is 0 Å². The molecule has 4 heteroatoms. The second-order valence-corrected chi connectivity index (χ2v) is 6.46. The number of thiophene rings is 1. The minimum atomic E-state index is 0.408. The van der Waals surface area contributed by atoms with Gasteiger partial charge in [0.15, 0.2) is 0 Å². The summed E-state index contributed by atoms with van der Waals surface area (Å²) >= 11 is 8.77. The van der Waals surface area contributed by atoms with Gasteiger partial charge in [-0.15, -0.1) is 23.7 Å². The Labute approximate surface area is 112 Å². The topological polar surface area (TPSA) is 12.0 Å². The third-order valence-corrected chi connectivity index (χ3v) is 5.54. The van der Waals surface area contributed by atoms with Crippen molar-refractivity contribution < 1.29 is 0 Å². The highest BCUT2D eigenvalue weighted by atomic mass is 79.9. The molecule has 0 aromatic carbocycles. The molecule has 0 fully saturated rings. The van der Waals surface area contributed by atoms with Gasteiger partial charge in [-0.1, -0.05) is 0 Å². The smallest absolute Gasteiger partial charge is 0.0843 e. The Morgan fingerprint density at radius 1 is 1.60 bits per heavy atom. The number of hydrogen-bond acceptors (Lipinski definition) is 2. The zero-order valence-corrected chi connectivity index (χ0v) is 12.5. The highest BCUT2D eigenvalue weighted by molar-refractivity contribution is 9.13. The minimum absolute atomic E-state index is 0.408. The lowest BCUT2D eigenvalue weighted by atomic mass is 10.1. The van der Waals surface area contributed by atoms with Crippen LogP contribution < -0.4 is 5.32 Å². The third-order valence-electron chi connectivity index (χ3n) is 2.17. The molecule has 0 aliphatic heterocycles. The number of nitrogens with one attached hydrogen (secondary N) is 1. The second kappa shape index (κ2) is 6.70. The fraction of sp³-hybridized carbons (Fsp3) is 0.455. The molecule has 0 amide bonds. The van der Waals surface area contributed by atoms with E-state index in [0.29, 0.717) is 6.04 Å². The summed E-state index contributed by atoms with van der Waals surface area (Å²) in [6.07, 6.45) is 8.24. The van der Waals surface area contributed by atoms with E-state index in [1.165, 1.54) is 4.88 Å². The van der Waals surface area contributed by atoms with Gasteiger partial charge >= 0.3 is 0 Å². The summed E-state index contributed by atoms with van der Waals surface area (Å²) in [4.78, 5) is 1.34. The monoisotopic (exact) mass is 349 g/mol. The van der Waals surface area contributed by atoms with Crippen LogP contribution in [-0.2, 0) is 0 Å². The first-order valence-corrected chi connectivity index (χ1v) is 7.14. The highest BCUT2D eigenvalue weighted by Crippen LogP contribution is 2.36. The quantitative estimate of drug-likeness (QED) is 0.615. The number of hydrogen-bond donors (Lipinski definition) is 1. The average Bonchev–Trinajstić information content (AvgIpc) is 2.54. The van der Waals surface area contributed by atoms with E-state index in [4.69, 9.17) is 6.42 Å². The maximum absolute atomic E-state index is 5.24. The van der Waals surface area contributed by atoms with Gasteiger partial charge < -0.3 is 5.32 Å². The molecule has 0 aliphatic carbocycles. The Morgan fingerprint density at radius 3 is 2.80 bits per heavy atom. The normalized spacial score (nSPS) is 12.4. The van der Waals surface area contributed by atoms with E-state index >= 15 is 0 Å². The van der Waals surface area contributed by atoms with Crippen LogP contribution >= 0.6 is 43.2 Å². The molecule has 1 atom stereocenters. The summed E-state index contributed by atoms with van der Waals surface area (Å²) in [5.74, 6) is 2.67. The van der Waals surface area contributed by atoms with Crippen molar-refractivity contribution in [2.45, 2.75) is 25.3 Å². The zero-order chi connectivity index (χ0) is 11.3. The molecule has 0 saturated heterocycles. The van der Waals surface area contributed by atoms with Crippen molar-refractivity contribution in [1.29, 1.82) is 0 Å². The molecule has 1 aromatic heterocycles. The van der Waals surface area contributed by atoms with Crippen LogP contribution in [0, 0.1) is 12.3 Å². The Kier molecular flexibility index (Phi) is 5.91. The highest BCUT2D eigenvalue weighted by Gasteiger charge is 2.13. The van der Waals surface area contributed by atoms with Crippen LogP contribution in [0.2, 0.25) is 0 Å². The van der Waals surface area contributed by atoms with Crippen molar-refractivity contribution in [3.8, 4) is 12.3 Å². The molecule has 1 heterocycles. The number of terminal acetylenes is 1. The zero-order valence-electron chi connectivity index (χ0n) is 8.52. The number of unbranched alkanes of at least 4 members (excludes halogenated alkanes) is 1. The Hall–Kier alpha value is 0.180. The molecule has 15 heavy (non-hydrogen) atoms. The van der Waals surface area contributed by atoms with Gasteiger partial charge in [0.2, 0.25) is 0 Å². The van der Waals surface area contributed by atoms with Crippen molar-refractivity contribution in [2.75, 3.05) is 7.05 Å². The van der Waals surface area contributed by atoms with Crippen LogP contribution in [-0.4, -0.2) is 7.05 Å². The predicted molar refractivity (Wildman–Crippen MR) is 74.2 cm³/mol. The summed E-state index contributed by atoms with van der Waals surface area (Å²) in [5, 5.41) is 3.32. The first kappa shape index (κ1) is 13.2. The first-order chi connectivity index (χ1) is 7.19. The van der Waals surface area contributed by atoms with Crippen molar-refractivity contribution in [3.05, 3.63) is 19.2 Å². The summed E-state index contributed by atoms with van der Waals surface area (Å²) in [6, 6.07) is 2.57. The minimum Gasteiger partial charge on any atom is -0.312 e. The SMILES string of the molecule is C#CCCCC(NC)c1cc(Br)c(Br)s1. The van der Waals surface area contributed by atoms with Gasteiger partial charge in [-0.25, -0.2) is 0 Å². The van der Waals surface area contributed by atoms with Gasteiger partial charge in [0.25, 0.3) is 0 Å². The average molecular weight is 351 g/mol. The Balaban J connectivity index is 2.62. The van der Waals surface area contributed by atoms with E-state index < -0.39 is 0 Å². The predicted octanol–water partition coefficient (Wildman–Crippen LogP) is 4.34.